The Hall–Kier alpha value is -2.23. The average molecular weight is 260 g/mol. The van der Waals surface area contributed by atoms with Gasteiger partial charge < -0.3 is 13.9 Å². The highest BCUT2D eigenvalue weighted by Crippen LogP contribution is 2.21. The molecule has 0 saturated heterocycles. The molecule has 19 heavy (non-hydrogen) atoms. The molecule has 0 saturated carbocycles. The van der Waals surface area contributed by atoms with Gasteiger partial charge in [-0.25, -0.2) is 0 Å². The maximum atomic E-state index is 11.7. The van der Waals surface area contributed by atoms with Gasteiger partial charge in [-0.3, -0.25) is 4.79 Å². The molecule has 1 atom stereocenters. The predicted octanol–water partition coefficient (Wildman–Crippen LogP) is 2.92. The lowest BCUT2D eigenvalue weighted by atomic mass is 10.1. The van der Waals surface area contributed by atoms with E-state index in [1.807, 2.05) is 31.2 Å². The zero-order valence-electron chi connectivity index (χ0n) is 11.0. The summed E-state index contributed by atoms with van der Waals surface area (Å²) in [6.45, 7) is 2.17. The number of furan rings is 1. The molecule has 2 rings (SSSR count). The number of benzene rings is 1. The van der Waals surface area contributed by atoms with Crippen molar-refractivity contribution >= 4 is 5.97 Å². The van der Waals surface area contributed by atoms with Crippen molar-refractivity contribution < 1.29 is 18.7 Å². The van der Waals surface area contributed by atoms with Crippen LogP contribution in [-0.2, 0) is 9.53 Å². The maximum Gasteiger partial charge on any atom is 0.319 e. The zero-order valence-corrected chi connectivity index (χ0v) is 11.0. The van der Waals surface area contributed by atoms with Gasteiger partial charge in [0, 0.05) is 0 Å². The Bertz CT molecular complexity index is 531. The average Bonchev–Trinajstić information content (AvgIpc) is 2.92. The SMILES string of the molecule is COC(=O)C(COc1cccc(C)c1)c1ccco1. The van der Waals surface area contributed by atoms with E-state index in [1.54, 1.807) is 12.1 Å². The molecule has 0 spiro atoms. The Morgan fingerprint density at radius 2 is 2.16 bits per heavy atom. The van der Waals surface area contributed by atoms with Gasteiger partial charge in [-0.2, -0.15) is 0 Å². The first-order valence-electron chi connectivity index (χ1n) is 6.01. The third-order valence-corrected chi connectivity index (χ3v) is 2.78. The number of carbonyl (C=O) groups excluding carboxylic acids is 1. The topological polar surface area (TPSA) is 48.7 Å². The van der Waals surface area contributed by atoms with Crippen molar-refractivity contribution in [3.05, 3.63) is 54.0 Å². The fraction of sp³-hybridized carbons (Fsp3) is 0.267. The van der Waals surface area contributed by atoms with Crippen LogP contribution in [0.15, 0.2) is 47.1 Å². The molecule has 100 valence electrons. The highest BCUT2D eigenvalue weighted by Gasteiger charge is 2.25. The van der Waals surface area contributed by atoms with E-state index in [1.165, 1.54) is 13.4 Å². The van der Waals surface area contributed by atoms with Crippen molar-refractivity contribution in [3.63, 3.8) is 0 Å². The van der Waals surface area contributed by atoms with E-state index in [0.29, 0.717) is 5.76 Å². The molecule has 0 amide bonds. The summed E-state index contributed by atoms with van der Waals surface area (Å²) in [5, 5.41) is 0. The van der Waals surface area contributed by atoms with E-state index < -0.39 is 5.92 Å². The fourth-order valence-electron chi connectivity index (χ4n) is 1.78. The van der Waals surface area contributed by atoms with Gasteiger partial charge in [0.15, 0.2) is 0 Å². The number of carbonyl (C=O) groups is 1. The fourth-order valence-corrected chi connectivity index (χ4v) is 1.78. The number of hydrogen-bond acceptors (Lipinski definition) is 4. The molecule has 1 heterocycles. The first-order chi connectivity index (χ1) is 9.20. The predicted molar refractivity (Wildman–Crippen MR) is 70.1 cm³/mol. The van der Waals surface area contributed by atoms with Crippen LogP contribution in [0.25, 0.3) is 0 Å². The monoisotopic (exact) mass is 260 g/mol. The van der Waals surface area contributed by atoms with Gasteiger partial charge in [-0.1, -0.05) is 12.1 Å². The Labute approximate surface area is 111 Å². The standard InChI is InChI=1S/C15H16O4/c1-11-5-3-6-12(9-11)19-10-13(15(16)17-2)14-7-4-8-18-14/h3-9,13H,10H2,1-2H3. The second-order valence-corrected chi connectivity index (χ2v) is 4.22. The number of methoxy groups -OCH3 is 1. The Kier molecular flexibility index (Phi) is 4.23. The highest BCUT2D eigenvalue weighted by molar-refractivity contribution is 5.77. The first-order valence-corrected chi connectivity index (χ1v) is 6.01. The summed E-state index contributed by atoms with van der Waals surface area (Å²) >= 11 is 0. The third kappa shape index (κ3) is 3.37. The van der Waals surface area contributed by atoms with Gasteiger partial charge >= 0.3 is 5.97 Å². The molecule has 0 fully saturated rings. The Balaban J connectivity index is 2.07. The number of ether oxygens (including phenoxy) is 2. The molecule has 0 aliphatic carbocycles. The lowest BCUT2D eigenvalue weighted by molar-refractivity contribution is -0.143. The minimum atomic E-state index is -0.555. The van der Waals surface area contributed by atoms with Crippen LogP contribution in [-0.4, -0.2) is 19.7 Å². The molecule has 1 aromatic carbocycles. The number of rotatable bonds is 5. The molecule has 0 aliphatic heterocycles. The van der Waals surface area contributed by atoms with Crippen molar-refractivity contribution in [2.75, 3.05) is 13.7 Å². The maximum absolute atomic E-state index is 11.7. The quantitative estimate of drug-likeness (QED) is 0.775. The zero-order chi connectivity index (χ0) is 13.7. The van der Waals surface area contributed by atoms with Crippen LogP contribution >= 0.6 is 0 Å². The van der Waals surface area contributed by atoms with Crippen LogP contribution in [0.5, 0.6) is 5.75 Å². The van der Waals surface area contributed by atoms with E-state index in [4.69, 9.17) is 13.9 Å². The summed E-state index contributed by atoms with van der Waals surface area (Å²) in [6.07, 6.45) is 1.53. The molecular formula is C15H16O4. The van der Waals surface area contributed by atoms with Crippen LogP contribution in [0.2, 0.25) is 0 Å². The summed E-state index contributed by atoms with van der Waals surface area (Å²) < 4.78 is 15.7. The minimum absolute atomic E-state index is 0.184. The first kappa shape index (κ1) is 13.2. The van der Waals surface area contributed by atoms with E-state index in [2.05, 4.69) is 0 Å². The summed E-state index contributed by atoms with van der Waals surface area (Å²) in [5.41, 5.74) is 1.10. The van der Waals surface area contributed by atoms with E-state index >= 15 is 0 Å². The second kappa shape index (κ2) is 6.09. The second-order valence-electron chi connectivity index (χ2n) is 4.22. The number of hydrogen-bond donors (Lipinski definition) is 0. The highest BCUT2D eigenvalue weighted by atomic mass is 16.5. The molecule has 0 bridgehead atoms. The molecule has 0 aliphatic rings. The van der Waals surface area contributed by atoms with Crippen molar-refractivity contribution in [2.24, 2.45) is 0 Å². The summed E-state index contributed by atoms with van der Waals surface area (Å²) in [7, 11) is 1.35. The van der Waals surface area contributed by atoms with Gasteiger partial charge in [-0.05, 0) is 36.8 Å². The van der Waals surface area contributed by atoms with Gasteiger partial charge in [-0.15, -0.1) is 0 Å². The number of aryl methyl sites for hydroxylation is 1. The van der Waals surface area contributed by atoms with Crippen LogP contribution in [0.4, 0.5) is 0 Å². The summed E-state index contributed by atoms with van der Waals surface area (Å²) in [6, 6.07) is 11.1. The normalized spacial score (nSPS) is 11.9. The third-order valence-electron chi connectivity index (χ3n) is 2.78. The van der Waals surface area contributed by atoms with Gasteiger partial charge in [0.05, 0.1) is 13.4 Å². The van der Waals surface area contributed by atoms with Crippen LogP contribution < -0.4 is 4.74 Å². The smallest absolute Gasteiger partial charge is 0.319 e. The Morgan fingerprint density at radius 3 is 2.79 bits per heavy atom. The minimum Gasteiger partial charge on any atom is -0.492 e. The molecule has 1 unspecified atom stereocenters. The van der Waals surface area contributed by atoms with E-state index in [9.17, 15) is 4.79 Å². The van der Waals surface area contributed by atoms with Crippen LogP contribution in [0.3, 0.4) is 0 Å². The molecular weight excluding hydrogens is 244 g/mol. The molecule has 0 radical (unpaired) electrons. The molecule has 4 heteroatoms. The van der Waals surface area contributed by atoms with Gasteiger partial charge in [0.25, 0.3) is 0 Å². The van der Waals surface area contributed by atoms with Crippen molar-refractivity contribution in [1.29, 1.82) is 0 Å². The van der Waals surface area contributed by atoms with Crippen molar-refractivity contribution in [1.82, 2.24) is 0 Å². The molecule has 0 N–H and O–H groups in total. The van der Waals surface area contributed by atoms with Gasteiger partial charge in [0.1, 0.15) is 24.0 Å². The summed E-state index contributed by atoms with van der Waals surface area (Å²) in [5.74, 6) is 0.336. The van der Waals surface area contributed by atoms with E-state index in [0.717, 1.165) is 11.3 Å². The van der Waals surface area contributed by atoms with Crippen molar-refractivity contribution in [3.8, 4) is 5.75 Å². The molecule has 2 aromatic rings. The van der Waals surface area contributed by atoms with Gasteiger partial charge in [0.2, 0.25) is 0 Å². The summed E-state index contributed by atoms with van der Waals surface area (Å²) in [4.78, 5) is 11.7. The molecule has 4 nitrogen and oxygen atoms in total. The van der Waals surface area contributed by atoms with Crippen molar-refractivity contribution in [2.45, 2.75) is 12.8 Å². The van der Waals surface area contributed by atoms with E-state index in [-0.39, 0.29) is 12.6 Å². The lowest BCUT2D eigenvalue weighted by Crippen LogP contribution is -2.20. The largest absolute Gasteiger partial charge is 0.492 e. The molecule has 1 aromatic heterocycles. The van der Waals surface area contributed by atoms with Crippen LogP contribution in [0, 0.1) is 6.92 Å². The lowest BCUT2D eigenvalue weighted by Gasteiger charge is -2.13. The number of esters is 1. The van der Waals surface area contributed by atoms with Crippen LogP contribution in [0.1, 0.15) is 17.2 Å². The Morgan fingerprint density at radius 1 is 1.32 bits per heavy atom.